The van der Waals surface area contributed by atoms with Crippen LogP contribution in [0, 0.1) is 11.8 Å². The molecule has 2 aromatic heterocycles. The molecule has 1 aliphatic heterocycles. The van der Waals surface area contributed by atoms with E-state index in [2.05, 4.69) is 37.2 Å². The second-order valence-electron chi connectivity index (χ2n) is 4.59. The van der Waals surface area contributed by atoms with Crippen molar-refractivity contribution in [3.63, 3.8) is 0 Å². The van der Waals surface area contributed by atoms with E-state index < -0.39 is 0 Å². The van der Waals surface area contributed by atoms with Crippen molar-refractivity contribution in [1.82, 2.24) is 25.1 Å². The minimum atomic E-state index is -0.228. The summed E-state index contributed by atoms with van der Waals surface area (Å²) in [5, 5.41) is 9.58. The molecule has 0 aliphatic carbocycles. The van der Waals surface area contributed by atoms with Crippen LogP contribution < -0.4 is 15.8 Å². The number of imidazole rings is 1. The molecule has 2 aromatic rings. The van der Waals surface area contributed by atoms with Gasteiger partial charge in [0.25, 0.3) is 5.56 Å². The molecule has 0 bridgehead atoms. The Morgan fingerprint density at radius 3 is 2.95 bits per heavy atom. The molecule has 2 N–H and O–H groups in total. The van der Waals surface area contributed by atoms with E-state index in [9.17, 15) is 4.79 Å². The Bertz CT molecular complexity index is 729. The number of fused-ring (bicyclic) bond motifs is 1. The maximum absolute atomic E-state index is 12.0. The normalized spacial score (nSPS) is 15.2. The van der Waals surface area contributed by atoms with Gasteiger partial charge in [0.1, 0.15) is 11.0 Å². The summed E-state index contributed by atoms with van der Waals surface area (Å²) in [6.45, 7) is 5.81. The second-order valence-corrected chi connectivity index (χ2v) is 4.59. The quantitative estimate of drug-likeness (QED) is 0.724. The number of aromatic nitrogens is 4. The van der Waals surface area contributed by atoms with E-state index in [-0.39, 0.29) is 5.56 Å². The van der Waals surface area contributed by atoms with Crippen molar-refractivity contribution in [2.45, 2.75) is 13.5 Å². The van der Waals surface area contributed by atoms with Gasteiger partial charge in [-0.2, -0.15) is 5.10 Å². The molecule has 1 saturated heterocycles. The minimum Gasteiger partial charge on any atom is -0.340 e. The van der Waals surface area contributed by atoms with Gasteiger partial charge in [0.05, 0.1) is 12.7 Å². The lowest BCUT2D eigenvalue weighted by atomic mass is 10.4. The first-order valence-corrected chi connectivity index (χ1v) is 6.60. The topological polar surface area (TPSA) is 78.8 Å². The molecule has 20 heavy (non-hydrogen) atoms. The SMILES string of the molecule is CC#CCn1c(N2CCNCC2)nc2cn[nH]c(=O)c21. The maximum Gasteiger partial charge on any atom is 0.290 e. The van der Waals surface area contributed by atoms with Gasteiger partial charge in [0.15, 0.2) is 0 Å². The smallest absolute Gasteiger partial charge is 0.290 e. The van der Waals surface area contributed by atoms with E-state index in [1.54, 1.807) is 13.1 Å². The van der Waals surface area contributed by atoms with Gasteiger partial charge >= 0.3 is 0 Å². The van der Waals surface area contributed by atoms with Gasteiger partial charge in [-0.05, 0) is 6.92 Å². The number of H-pyrrole nitrogens is 1. The Morgan fingerprint density at radius 1 is 1.40 bits per heavy atom. The molecule has 104 valence electrons. The number of nitrogens with one attached hydrogen (secondary N) is 2. The second kappa shape index (κ2) is 5.35. The van der Waals surface area contributed by atoms with E-state index in [0.717, 1.165) is 32.1 Å². The standard InChI is InChI=1S/C13H16N6O/c1-2-3-6-19-11-10(9-15-17-12(11)20)16-13(19)18-7-4-14-5-8-18/h9,14H,4-8H2,1H3,(H,17,20). The van der Waals surface area contributed by atoms with Gasteiger partial charge in [-0.25, -0.2) is 10.1 Å². The molecule has 0 spiro atoms. The molecular formula is C13H16N6O. The molecule has 0 unspecified atom stereocenters. The van der Waals surface area contributed by atoms with Crippen molar-refractivity contribution < 1.29 is 0 Å². The number of hydrogen-bond donors (Lipinski definition) is 2. The monoisotopic (exact) mass is 272 g/mol. The van der Waals surface area contributed by atoms with Crippen molar-refractivity contribution >= 4 is 17.0 Å². The zero-order valence-corrected chi connectivity index (χ0v) is 11.3. The van der Waals surface area contributed by atoms with Crippen LogP contribution in [0.5, 0.6) is 0 Å². The van der Waals surface area contributed by atoms with Crippen LogP contribution in [0.3, 0.4) is 0 Å². The van der Waals surface area contributed by atoms with E-state index in [1.165, 1.54) is 0 Å². The van der Waals surface area contributed by atoms with Crippen molar-refractivity contribution in [2.75, 3.05) is 31.1 Å². The lowest BCUT2D eigenvalue weighted by molar-refractivity contribution is 0.573. The highest BCUT2D eigenvalue weighted by molar-refractivity contribution is 5.77. The molecule has 7 nitrogen and oxygen atoms in total. The Hall–Kier alpha value is -2.33. The zero-order chi connectivity index (χ0) is 13.9. The first-order chi connectivity index (χ1) is 9.81. The highest BCUT2D eigenvalue weighted by Gasteiger charge is 2.20. The fourth-order valence-electron chi connectivity index (χ4n) is 2.41. The molecule has 1 fully saturated rings. The minimum absolute atomic E-state index is 0.228. The highest BCUT2D eigenvalue weighted by Crippen LogP contribution is 2.19. The molecule has 0 atom stereocenters. The average Bonchev–Trinajstić information content (AvgIpc) is 2.86. The van der Waals surface area contributed by atoms with Crippen LogP contribution in [-0.2, 0) is 6.54 Å². The summed E-state index contributed by atoms with van der Waals surface area (Å²) in [6.07, 6.45) is 1.58. The molecule has 3 rings (SSSR count). The average molecular weight is 272 g/mol. The molecule has 7 heteroatoms. The van der Waals surface area contributed by atoms with Gasteiger partial charge < -0.3 is 10.2 Å². The zero-order valence-electron chi connectivity index (χ0n) is 11.3. The molecule has 0 amide bonds. The maximum atomic E-state index is 12.0. The van der Waals surface area contributed by atoms with E-state index in [0.29, 0.717) is 17.6 Å². The number of piperazine rings is 1. The van der Waals surface area contributed by atoms with Gasteiger partial charge in [-0.1, -0.05) is 5.92 Å². The predicted octanol–water partition coefficient (Wildman–Crippen LogP) is -0.447. The van der Waals surface area contributed by atoms with E-state index in [1.807, 2.05) is 4.57 Å². The fourth-order valence-corrected chi connectivity index (χ4v) is 2.41. The Balaban J connectivity index is 2.15. The molecule has 3 heterocycles. The van der Waals surface area contributed by atoms with Crippen molar-refractivity contribution in [2.24, 2.45) is 0 Å². The van der Waals surface area contributed by atoms with Crippen molar-refractivity contribution in [3.05, 3.63) is 16.6 Å². The van der Waals surface area contributed by atoms with Crippen LogP contribution in [-0.4, -0.2) is 45.9 Å². The number of anilines is 1. The van der Waals surface area contributed by atoms with Crippen LogP contribution in [0.2, 0.25) is 0 Å². The number of hydrogen-bond acceptors (Lipinski definition) is 5. The van der Waals surface area contributed by atoms with Crippen LogP contribution in [0.4, 0.5) is 5.95 Å². The Morgan fingerprint density at radius 2 is 2.20 bits per heavy atom. The third-order valence-corrected chi connectivity index (χ3v) is 3.36. The summed E-state index contributed by atoms with van der Waals surface area (Å²) in [5.74, 6) is 6.66. The molecule has 0 aromatic carbocycles. The van der Waals surface area contributed by atoms with Crippen LogP contribution >= 0.6 is 0 Å². The number of nitrogens with zero attached hydrogens (tertiary/aromatic N) is 4. The molecular weight excluding hydrogens is 256 g/mol. The van der Waals surface area contributed by atoms with Gasteiger partial charge in [-0.15, -0.1) is 5.92 Å². The van der Waals surface area contributed by atoms with E-state index >= 15 is 0 Å². The molecule has 0 radical (unpaired) electrons. The number of aromatic amines is 1. The first-order valence-electron chi connectivity index (χ1n) is 6.60. The summed E-state index contributed by atoms with van der Waals surface area (Å²) < 4.78 is 1.87. The summed E-state index contributed by atoms with van der Waals surface area (Å²) in [7, 11) is 0. The largest absolute Gasteiger partial charge is 0.340 e. The third kappa shape index (κ3) is 2.14. The van der Waals surface area contributed by atoms with Gasteiger partial charge in [0.2, 0.25) is 5.95 Å². The first kappa shape index (κ1) is 12.7. The summed E-state index contributed by atoms with van der Waals surface area (Å²) in [6, 6.07) is 0. The predicted molar refractivity (Wildman–Crippen MR) is 76.7 cm³/mol. The van der Waals surface area contributed by atoms with Gasteiger partial charge in [0, 0.05) is 26.2 Å². The van der Waals surface area contributed by atoms with E-state index in [4.69, 9.17) is 0 Å². The third-order valence-electron chi connectivity index (χ3n) is 3.36. The Labute approximate surface area is 116 Å². The van der Waals surface area contributed by atoms with Gasteiger partial charge in [-0.3, -0.25) is 9.36 Å². The van der Waals surface area contributed by atoms with Crippen molar-refractivity contribution in [1.29, 1.82) is 0 Å². The fraction of sp³-hybridized carbons (Fsp3) is 0.462. The highest BCUT2D eigenvalue weighted by atomic mass is 16.1. The van der Waals surface area contributed by atoms with Crippen LogP contribution in [0.1, 0.15) is 6.92 Å². The summed E-state index contributed by atoms with van der Waals surface area (Å²) in [4.78, 5) is 18.7. The van der Waals surface area contributed by atoms with Crippen LogP contribution in [0.25, 0.3) is 11.0 Å². The summed E-state index contributed by atoms with van der Waals surface area (Å²) >= 11 is 0. The number of rotatable bonds is 2. The van der Waals surface area contributed by atoms with Crippen LogP contribution in [0.15, 0.2) is 11.0 Å². The summed E-state index contributed by atoms with van der Waals surface area (Å²) in [5.41, 5.74) is 0.922. The molecule has 1 aliphatic rings. The molecule has 0 saturated carbocycles. The lowest BCUT2D eigenvalue weighted by Gasteiger charge is -2.28. The lowest BCUT2D eigenvalue weighted by Crippen LogP contribution is -2.44. The van der Waals surface area contributed by atoms with Crippen molar-refractivity contribution in [3.8, 4) is 11.8 Å². The Kier molecular flexibility index (Phi) is 3.39.